The first kappa shape index (κ1) is 24.2. The molecule has 176 valence electrons. The molecule has 5 nitrogen and oxygen atoms in total. The second-order valence-electron chi connectivity index (χ2n) is 11.2. The molecule has 0 aromatic heterocycles. The minimum absolute atomic E-state index is 0.0180. The summed E-state index contributed by atoms with van der Waals surface area (Å²) >= 11 is 0. The van der Waals surface area contributed by atoms with E-state index in [0.717, 1.165) is 44.9 Å². The topological polar surface area (TPSA) is 77.5 Å². The van der Waals surface area contributed by atoms with Crippen molar-refractivity contribution in [3.8, 4) is 0 Å². The van der Waals surface area contributed by atoms with Crippen LogP contribution in [0.5, 0.6) is 0 Å². The summed E-state index contributed by atoms with van der Waals surface area (Å²) in [5.74, 6) is 1.91. The fourth-order valence-electron chi connectivity index (χ4n) is 7.76. The molecule has 32 heavy (non-hydrogen) atoms. The molecule has 8 atom stereocenters. The molecule has 4 rings (SSSR count). The highest BCUT2D eigenvalue weighted by Crippen LogP contribution is 2.65. The van der Waals surface area contributed by atoms with Crippen molar-refractivity contribution in [2.24, 2.45) is 28.6 Å². The number of hydrogen-bond donors (Lipinski definition) is 0. The summed E-state index contributed by atoms with van der Waals surface area (Å²) in [5.41, 5.74) is 1.57. The third-order valence-corrected chi connectivity index (χ3v) is 13.7. The van der Waals surface area contributed by atoms with E-state index in [1.54, 1.807) is 13.3 Å². The Kier molecular flexibility index (Phi) is 6.83. The smallest absolute Gasteiger partial charge is 0.389 e. The highest BCUT2D eigenvalue weighted by atomic mass is 31.2. The van der Waals surface area contributed by atoms with Gasteiger partial charge in [-0.2, -0.15) is 0 Å². The van der Waals surface area contributed by atoms with Gasteiger partial charge in [0.15, 0.2) is 5.78 Å². The number of allylic oxidation sites excluding steroid dienone is 1. The molecule has 0 bridgehead atoms. The normalized spacial score (nSPS) is 40.4. The van der Waals surface area contributed by atoms with E-state index in [4.69, 9.17) is 4.74 Å². The third kappa shape index (κ3) is 4.18. The highest BCUT2D eigenvalue weighted by Gasteiger charge is 2.60. The lowest BCUT2D eigenvalue weighted by atomic mass is 9.47. The van der Waals surface area contributed by atoms with Gasteiger partial charge in [0.25, 0.3) is 0 Å². The summed E-state index contributed by atoms with van der Waals surface area (Å²) in [7, 11) is -3.12. The van der Waals surface area contributed by atoms with Gasteiger partial charge in [0.2, 0.25) is 0 Å². The van der Waals surface area contributed by atoms with Gasteiger partial charge in [-0.3, -0.25) is 9.59 Å². The first-order valence-electron chi connectivity index (χ1n) is 12.3. The van der Waals surface area contributed by atoms with E-state index >= 15 is 0 Å². The molecule has 3 saturated carbocycles. The van der Waals surface area contributed by atoms with Crippen LogP contribution in [0.2, 0.25) is 0 Å². The second-order valence-corrected chi connectivity index (χ2v) is 15.0. The molecule has 0 spiro atoms. The lowest BCUT2D eigenvalue weighted by molar-refractivity contribution is -0.159. The molecule has 7 unspecified atom stereocenters. The Morgan fingerprint density at radius 2 is 1.78 bits per heavy atom. The van der Waals surface area contributed by atoms with Gasteiger partial charge in [-0.25, -0.2) is 0 Å². The SMILES string of the molecule is C[P+](=O)C(CCC(=O)O[C@H]1CCC2C3CCC4=CC(=O)CCC4(C)C3CCC21C)[P+](C)=O. The largest absolute Gasteiger partial charge is 0.462 e. The molecule has 0 aromatic carbocycles. The number of fused-ring (bicyclic) bond motifs is 5. The van der Waals surface area contributed by atoms with E-state index < -0.39 is 21.0 Å². The molecule has 4 aliphatic carbocycles. The van der Waals surface area contributed by atoms with Gasteiger partial charge in [-0.15, -0.1) is 0 Å². The predicted molar refractivity (Wildman–Crippen MR) is 127 cm³/mol. The van der Waals surface area contributed by atoms with Gasteiger partial charge < -0.3 is 4.74 Å². The van der Waals surface area contributed by atoms with Crippen LogP contribution in [-0.4, -0.2) is 36.6 Å². The van der Waals surface area contributed by atoms with E-state index in [2.05, 4.69) is 13.8 Å². The van der Waals surface area contributed by atoms with Crippen LogP contribution in [0.25, 0.3) is 0 Å². The summed E-state index contributed by atoms with van der Waals surface area (Å²) < 4.78 is 29.7. The van der Waals surface area contributed by atoms with Crippen LogP contribution < -0.4 is 0 Å². The fraction of sp³-hybridized carbons (Fsp3) is 0.840. The zero-order chi connectivity index (χ0) is 23.3. The van der Waals surface area contributed by atoms with E-state index in [1.807, 2.05) is 6.08 Å². The monoisotopic (exact) mass is 480 g/mol. The average molecular weight is 481 g/mol. The summed E-state index contributed by atoms with van der Waals surface area (Å²) in [6.45, 7) is 7.91. The van der Waals surface area contributed by atoms with Crippen molar-refractivity contribution in [1.29, 1.82) is 0 Å². The Labute approximate surface area is 194 Å². The maximum atomic E-state index is 12.7. The van der Waals surface area contributed by atoms with E-state index in [1.165, 1.54) is 5.57 Å². The summed E-state index contributed by atoms with van der Waals surface area (Å²) in [6, 6.07) is 0. The Hall–Kier alpha value is -0.920. The fourth-order valence-corrected chi connectivity index (χ4v) is 10.6. The maximum Gasteiger partial charge on any atom is 0.389 e. The van der Waals surface area contributed by atoms with Crippen molar-refractivity contribution in [3.05, 3.63) is 11.6 Å². The first-order valence-corrected chi connectivity index (χ1v) is 15.8. The van der Waals surface area contributed by atoms with Crippen LogP contribution in [0.1, 0.15) is 78.1 Å². The van der Waals surface area contributed by atoms with Crippen molar-refractivity contribution in [1.82, 2.24) is 0 Å². The van der Waals surface area contributed by atoms with Crippen LogP contribution >= 0.6 is 15.6 Å². The maximum absolute atomic E-state index is 12.7. The molecule has 0 N–H and O–H groups in total. The van der Waals surface area contributed by atoms with Gasteiger partial charge in [-0.1, -0.05) is 28.6 Å². The van der Waals surface area contributed by atoms with Crippen molar-refractivity contribution in [2.75, 3.05) is 13.3 Å². The molecule has 0 aliphatic heterocycles. The second kappa shape index (κ2) is 9.03. The van der Waals surface area contributed by atoms with Gasteiger partial charge >= 0.3 is 27.0 Å². The van der Waals surface area contributed by atoms with Gasteiger partial charge in [0, 0.05) is 11.8 Å². The minimum Gasteiger partial charge on any atom is -0.462 e. The molecule has 0 saturated heterocycles. The summed E-state index contributed by atoms with van der Waals surface area (Å²) in [5, 5.41) is -0.400. The van der Waals surface area contributed by atoms with Crippen molar-refractivity contribution in [2.45, 2.75) is 89.6 Å². The zero-order valence-electron chi connectivity index (χ0n) is 20.0. The standard InChI is InChI=1S/C25H38O5P2/c1-24-13-11-17(26)15-16(24)5-6-18-19-7-8-21(25(19,2)14-12-20(18)24)30-22(27)9-10-23(31(3)28)32(4)29/h15,18-21,23H,5-14H2,1-4H3/q+2/t18?,19?,20?,21-,24?,25?/m0/s1. The Morgan fingerprint density at radius 3 is 2.47 bits per heavy atom. The summed E-state index contributed by atoms with van der Waals surface area (Å²) in [4.78, 5) is 24.7. The van der Waals surface area contributed by atoms with E-state index in [0.29, 0.717) is 36.4 Å². The van der Waals surface area contributed by atoms with Crippen LogP contribution in [0, 0.1) is 28.6 Å². The average Bonchev–Trinajstić information content (AvgIpc) is 3.04. The van der Waals surface area contributed by atoms with Crippen LogP contribution in [-0.2, 0) is 23.5 Å². The van der Waals surface area contributed by atoms with Gasteiger partial charge in [-0.05, 0) is 74.2 Å². The van der Waals surface area contributed by atoms with Crippen LogP contribution in [0.3, 0.4) is 0 Å². The molecular weight excluding hydrogens is 442 g/mol. The van der Waals surface area contributed by atoms with Crippen LogP contribution in [0.4, 0.5) is 0 Å². The number of ketones is 1. The third-order valence-electron chi connectivity index (χ3n) is 9.59. The molecule has 0 amide bonds. The Balaban J connectivity index is 1.42. The van der Waals surface area contributed by atoms with Crippen molar-refractivity contribution in [3.63, 3.8) is 0 Å². The van der Waals surface area contributed by atoms with Crippen LogP contribution in [0.15, 0.2) is 11.6 Å². The Bertz CT molecular complexity index is 852. The lowest BCUT2D eigenvalue weighted by Crippen LogP contribution is -2.51. The minimum atomic E-state index is -1.56. The van der Waals surface area contributed by atoms with E-state index in [-0.39, 0.29) is 29.3 Å². The highest BCUT2D eigenvalue weighted by molar-refractivity contribution is 7.63. The molecule has 0 heterocycles. The first-order chi connectivity index (χ1) is 15.1. The molecule has 3 fully saturated rings. The predicted octanol–water partition coefficient (Wildman–Crippen LogP) is 6.45. The number of carbonyl (C=O) groups excluding carboxylic acids is 2. The summed E-state index contributed by atoms with van der Waals surface area (Å²) in [6.07, 6.45) is 10.5. The molecule has 4 aliphatic rings. The number of carbonyl (C=O) groups is 2. The molecule has 0 radical (unpaired) electrons. The van der Waals surface area contributed by atoms with E-state index in [9.17, 15) is 18.7 Å². The van der Waals surface area contributed by atoms with Crippen molar-refractivity contribution < 1.29 is 23.5 Å². The van der Waals surface area contributed by atoms with Gasteiger partial charge in [0.05, 0.1) is 12.8 Å². The molecule has 0 aromatic rings. The Morgan fingerprint density at radius 1 is 1.06 bits per heavy atom. The van der Waals surface area contributed by atoms with Crippen molar-refractivity contribution >= 4 is 27.4 Å². The number of ether oxygens (including phenoxy) is 1. The number of rotatable bonds is 6. The quantitative estimate of drug-likeness (QED) is 0.322. The number of hydrogen-bond acceptors (Lipinski definition) is 5. The zero-order valence-corrected chi connectivity index (χ0v) is 21.8. The molecular formula is C25H38O5P2+2. The van der Waals surface area contributed by atoms with Gasteiger partial charge in [0.1, 0.15) is 19.4 Å². The lowest BCUT2D eigenvalue weighted by Gasteiger charge is -2.57. The number of esters is 1. The molecule has 7 heteroatoms.